The van der Waals surface area contributed by atoms with Gasteiger partial charge in [-0.05, 0) is 18.6 Å². The Labute approximate surface area is 83.1 Å². The summed E-state index contributed by atoms with van der Waals surface area (Å²) in [6, 6.07) is 2.93. The number of ketones is 1. The standard InChI is InChI=1S/C10H14N2O2/c1-14-6-4-9(11)10(13)8-3-2-5-12-7-8/h2-3,5,7,9H,4,6,11H2,1H3. The molecular formula is C10H14N2O2. The minimum atomic E-state index is -0.501. The zero-order valence-corrected chi connectivity index (χ0v) is 8.14. The van der Waals surface area contributed by atoms with Gasteiger partial charge in [0.1, 0.15) is 0 Å². The van der Waals surface area contributed by atoms with E-state index in [1.165, 1.54) is 6.20 Å². The Morgan fingerprint density at radius 2 is 2.50 bits per heavy atom. The maximum atomic E-state index is 11.6. The topological polar surface area (TPSA) is 65.2 Å². The van der Waals surface area contributed by atoms with Crippen LogP contribution in [-0.2, 0) is 4.74 Å². The molecule has 0 aromatic carbocycles. The maximum Gasteiger partial charge on any atom is 0.181 e. The van der Waals surface area contributed by atoms with Crippen molar-refractivity contribution < 1.29 is 9.53 Å². The third-order valence-electron chi connectivity index (χ3n) is 1.92. The molecule has 0 saturated heterocycles. The normalized spacial score (nSPS) is 12.4. The van der Waals surface area contributed by atoms with Gasteiger partial charge in [0.15, 0.2) is 5.78 Å². The minimum absolute atomic E-state index is 0.0878. The molecule has 1 atom stereocenters. The highest BCUT2D eigenvalue weighted by Crippen LogP contribution is 2.02. The first-order valence-electron chi connectivity index (χ1n) is 4.44. The number of aromatic nitrogens is 1. The van der Waals surface area contributed by atoms with Gasteiger partial charge in [0, 0.05) is 31.7 Å². The summed E-state index contributed by atoms with van der Waals surface area (Å²) in [5.74, 6) is -0.0878. The first-order valence-corrected chi connectivity index (χ1v) is 4.44. The zero-order chi connectivity index (χ0) is 10.4. The molecule has 0 bridgehead atoms. The second-order valence-corrected chi connectivity index (χ2v) is 2.99. The smallest absolute Gasteiger partial charge is 0.181 e. The second kappa shape index (κ2) is 5.47. The summed E-state index contributed by atoms with van der Waals surface area (Å²) < 4.78 is 4.85. The molecule has 1 heterocycles. The van der Waals surface area contributed by atoms with E-state index in [0.29, 0.717) is 18.6 Å². The molecule has 0 saturated carbocycles. The van der Waals surface area contributed by atoms with Gasteiger partial charge in [-0.1, -0.05) is 0 Å². The molecule has 0 aliphatic heterocycles. The van der Waals surface area contributed by atoms with Gasteiger partial charge in [-0.25, -0.2) is 0 Å². The third-order valence-corrected chi connectivity index (χ3v) is 1.92. The van der Waals surface area contributed by atoms with Crippen LogP contribution in [0.3, 0.4) is 0 Å². The number of nitrogens with zero attached hydrogens (tertiary/aromatic N) is 1. The van der Waals surface area contributed by atoms with E-state index in [4.69, 9.17) is 10.5 Å². The summed E-state index contributed by atoms with van der Waals surface area (Å²) in [6.07, 6.45) is 3.68. The van der Waals surface area contributed by atoms with Gasteiger partial charge in [0.2, 0.25) is 0 Å². The maximum absolute atomic E-state index is 11.6. The number of carbonyl (C=O) groups excluding carboxylic acids is 1. The van der Waals surface area contributed by atoms with E-state index in [-0.39, 0.29) is 5.78 Å². The van der Waals surface area contributed by atoms with Gasteiger partial charge < -0.3 is 10.5 Å². The van der Waals surface area contributed by atoms with Crippen molar-refractivity contribution in [3.63, 3.8) is 0 Å². The van der Waals surface area contributed by atoms with E-state index in [9.17, 15) is 4.79 Å². The van der Waals surface area contributed by atoms with Crippen molar-refractivity contribution in [1.29, 1.82) is 0 Å². The molecule has 1 aromatic heterocycles. The van der Waals surface area contributed by atoms with Crippen LogP contribution in [0.4, 0.5) is 0 Å². The summed E-state index contributed by atoms with van der Waals surface area (Å²) in [4.78, 5) is 15.5. The molecule has 1 aromatic rings. The molecule has 76 valence electrons. The highest BCUT2D eigenvalue weighted by atomic mass is 16.5. The number of methoxy groups -OCH3 is 1. The molecule has 0 radical (unpaired) electrons. The molecule has 0 aliphatic carbocycles. The minimum Gasteiger partial charge on any atom is -0.385 e. The Balaban J connectivity index is 2.57. The first-order chi connectivity index (χ1) is 6.75. The molecular weight excluding hydrogens is 180 g/mol. The summed E-state index contributed by atoms with van der Waals surface area (Å²) in [6.45, 7) is 0.493. The Hall–Kier alpha value is -1.26. The number of nitrogens with two attached hydrogens (primary N) is 1. The van der Waals surface area contributed by atoms with Crippen molar-refractivity contribution in [2.45, 2.75) is 12.5 Å². The Bertz CT molecular complexity index is 287. The van der Waals surface area contributed by atoms with Crippen molar-refractivity contribution in [3.05, 3.63) is 30.1 Å². The van der Waals surface area contributed by atoms with E-state index < -0.39 is 6.04 Å². The molecule has 0 aliphatic rings. The number of pyridine rings is 1. The van der Waals surface area contributed by atoms with Crippen LogP contribution in [0.2, 0.25) is 0 Å². The monoisotopic (exact) mass is 194 g/mol. The fourth-order valence-electron chi connectivity index (χ4n) is 1.10. The lowest BCUT2D eigenvalue weighted by Gasteiger charge is -2.08. The lowest BCUT2D eigenvalue weighted by molar-refractivity contribution is 0.0935. The van der Waals surface area contributed by atoms with Crippen molar-refractivity contribution in [3.8, 4) is 0 Å². The number of Topliss-reactive ketones (excluding diaryl/α,β-unsaturated/α-hetero) is 1. The van der Waals surface area contributed by atoms with Crippen LogP contribution in [0.1, 0.15) is 16.8 Å². The number of hydrogen-bond donors (Lipinski definition) is 1. The van der Waals surface area contributed by atoms with Gasteiger partial charge in [-0.2, -0.15) is 0 Å². The van der Waals surface area contributed by atoms with Gasteiger partial charge in [0.05, 0.1) is 6.04 Å². The van der Waals surface area contributed by atoms with E-state index in [2.05, 4.69) is 4.98 Å². The third kappa shape index (κ3) is 2.90. The number of ether oxygens (including phenoxy) is 1. The molecule has 4 heteroatoms. The molecule has 1 unspecified atom stereocenters. The van der Waals surface area contributed by atoms with Gasteiger partial charge in [-0.3, -0.25) is 9.78 Å². The first kappa shape index (κ1) is 10.8. The van der Waals surface area contributed by atoms with Crippen LogP contribution in [0, 0.1) is 0 Å². The summed E-state index contributed by atoms with van der Waals surface area (Å²) >= 11 is 0. The van der Waals surface area contributed by atoms with Crippen LogP contribution >= 0.6 is 0 Å². The zero-order valence-electron chi connectivity index (χ0n) is 8.14. The summed E-state index contributed by atoms with van der Waals surface area (Å²) in [5, 5.41) is 0. The number of rotatable bonds is 5. The van der Waals surface area contributed by atoms with Crippen molar-refractivity contribution in [2.24, 2.45) is 5.73 Å². The molecule has 0 amide bonds. The molecule has 4 nitrogen and oxygen atoms in total. The molecule has 0 fully saturated rings. The SMILES string of the molecule is COCCC(N)C(=O)c1cccnc1. The van der Waals surface area contributed by atoms with Crippen molar-refractivity contribution in [2.75, 3.05) is 13.7 Å². The fraction of sp³-hybridized carbons (Fsp3) is 0.400. The van der Waals surface area contributed by atoms with Gasteiger partial charge in [0.25, 0.3) is 0 Å². The average molecular weight is 194 g/mol. The predicted molar refractivity (Wildman–Crippen MR) is 53.0 cm³/mol. The molecule has 14 heavy (non-hydrogen) atoms. The average Bonchev–Trinajstić information content (AvgIpc) is 2.26. The summed E-state index contributed by atoms with van der Waals surface area (Å²) in [7, 11) is 1.58. The fourth-order valence-corrected chi connectivity index (χ4v) is 1.10. The lowest BCUT2D eigenvalue weighted by Crippen LogP contribution is -2.31. The number of hydrogen-bond acceptors (Lipinski definition) is 4. The molecule has 2 N–H and O–H groups in total. The molecule has 0 spiro atoms. The Morgan fingerprint density at radius 1 is 1.71 bits per heavy atom. The lowest BCUT2D eigenvalue weighted by atomic mass is 10.0. The van der Waals surface area contributed by atoms with E-state index in [1.54, 1.807) is 25.4 Å². The van der Waals surface area contributed by atoms with Crippen molar-refractivity contribution >= 4 is 5.78 Å². The van der Waals surface area contributed by atoms with Crippen molar-refractivity contribution in [1.82, 2.24) is 4.98 Å². The molecule has 1 rings (SSSR count). The Kier molecular flexibility index (Phi) is 4.22. The predicted octanol–water partition coefficient (Wildman–Crippen LogP) is 0.628. The highest BCUT2D eigenvalue weighted by Gasteiger charge is 2.14. The van der Waals surface area contributed by atoms with E-state index >= 15 is 0 Å². The number of carbonyl (C=O) groups is 1. The Morgan fingerprint density at radius 3 is 3.07 bits per heavy atom. The quantitative estimate of drug-likeness (QED) is 0.698. The van der Waals surface area contributed by atoms with Crippen LogP contribution in [0.15, 0.2) is 24.5 Å². The van der Waals surface area contributed by atoms with Crippen LogP contribution in [0.25, 0.3) is 0 Å². The van der Waals surface area contributed by atoms with E-state index in [0.717, 1.165) is 0 Å². The van der Waals surface area contributed by atoms with Gasteiger partial charge in [-0.15, -0.1) is 0 Å². The van der Waals surface area contributed by atoms with Crippen LogP contribution in [-0.4, -0.2) is 30.5 Å². The van der Waals surface area contributed by atoms with E-state index in [1.807, 2.05) is 0 Å². The largest absolute Gasteiger partial charge is 0.385 e. The van der Waals surface area contributed by atoms with Crippen LogP contribution < -0.4 is 5.73 Å². The highest BCUT2D eigenvalue weighted by molar-refractivity contribution is 5.99. The van der Waals surface area contributed by atoms with Crippen LogP contribution in [0.5, 0.6) is 0 Å². The summed E-state index contributed by atoms with van der Waals surface area (Å²) in [5.41, 5.74) is 6.23. The second-order valence-electron chi connectivity index (χ2n) is 2.99. The van der Waals surface area contributed by atoms with Gasteiger partial charge >= 0.3 is 0 Å².